The largest absolute Gasteiger partial charge is 0.700 e. The van der Waals surface area contributed by atoms with Crippen LogP contribution >= 0.6 is 0 Å². The lowest BCUT2D eigenvalue weighted by Gasteiger charge is -2.13. The van der Waals surface area contributed by atoms with Gasteiger partial charge in [0.2, 0.25) is 0 Å². The summed E-state index contributed by atoms with van der Waals surface area (Å²) in [7, 11) is 0.462. The number of aliphatic hydroxyl groups excluding tert-OH is 2. The Labute approximate surface area is 62.0 Å². The van der Waals surface area contributed by atoms with Gasteiger partial charge in [-0.3, -0.25) is 9.59 Å². The SMILES string of the molecule is O=C1O[B-]OC(=O)C(O)C1O. The van der Waals surface area contributed by atoms with Crippen LogP contribution in [-0.4, -0.2) is 42.0 Å². The first-order chi connectivity index (χ1) is 5.13. The number of rotatable bonds is 0. The van der Waals surface area contributed by atoms with Gasteiger partial charge in [-0.25, -0.2) is 0 Å². The van der Waals surface area contributed by atoms with Gasteiger partial charge in [-0.2, -0.15) is 0 Å². The molecule has 1 heterocycles. The van der Waals surface area contributed by atoms with Crippen LogP contribution in [0.3, 0.4) is 0 Å². The number of carbonyl (C=O) groups excluding carboxylic acids is 2. The van der Waals surface area contributed by atoms with Gasteiger partial charge >= 0.3 is 0 Å². The summed E-state index contributed by atoms with van der Waals surface area (Å²) < 4.78 is 8.08. The highest BCUT2D eigenvalue weighted by Crippen LogP contribution is 2.02. The van der Waals surface area contributed by atoms with Crippen LogP contribution in [0.2, 0.25) is 0 Å². The molecule has 1 saturated heterocycles. The van der Waals surface area contributed by atoms with E-state index >= 15 is 0 Å². The minimum atomic E-state index is -1.87. The van der Waals surface area contributed by atoms with Crippen molar-refractivity contribution in [3.8, 4) is 0 Å². The van der Waals surface area contributed by atoms with Gasteiger partial charge < -0.3 is 19.5 Å². The standard InChI is InChI=1S/C4H4BO6/c6-1-2(7)4(9)11-5-10-3(1)8/h1-2,6-7H/q-1. The van der Waals surface area contributed by atoms with Crippen molar-refractivity contribution in [2.24, 2.45) is 0 Å². The number of hydrogen-bond acceptors (Lipinski definition) is 6. The summed E-state index contributed by atoms with van der Waals surface area (Å²) in [5, 5.41) is 17.5. The van der Waals surface area contributed by atoms with Crippen LogP contribution in [0.1, 0.15) is 0 Å². The quantitative estimate of drug-likeness (QED) is 0.374. The van der Waals surface area contributed by atoms with Gasteiger partial charge in [0.15, 0.2) is 12.2 Å². The van der Waals surface area contributed by atoms with E-state index in [1.165, 1.54) is 0 Å². The summed E-state index contributed by atoms with van der Waals surface area (Å²) in [5.74, 6) is -2.24. The predicted molar refractivity (Wildman–Crippen MR) is 30.0 cm³/mol. The predicted octanol–water partition coefficient (Wildman–Crippen LogP) is -2.66. The Morgan fingerprint density at radius 1 is 1.09 bits per heavy atom. The Morgan fingerprint density at radius 2 is 1.45 bits per heavy atom. The van der Waals surface area contributed by atoms with Gasteiger partial charge in [-0.15, -0.1) is 0 Å². The van der Waals surface area contributed by atoms with Gasteiger partial charge in [-0.05, 0) is 0 Å². The lowest BCUT2D eigenvalue weighted by Crippen LogP contribution is -2.38. The lowest BCUT2D eigenvalue weighted by molar-refractivity contribution is -0.156. The summed E-state index contributed by atoms with van der Waals surface area (Å²) in [4.78, 5) is 20.9. The average molecular weight is 159 g/mol. The third-order valence-electron chi connectivity index (χ3n) is 1.11. The first-order valence-electron chi connectivity index (χ1n) is 2.71. The summed E-state index contributed by atoms with van der Waals surface area (Å²) in [6.07, 6.45) is -3.75. The number of carbonyl (C=O) groups is 2. The van der Waals surface area contributed by atoms with E-state index in [-0.39, 0.29) is 0 Å². The Hall–Kier alpha value is -1.08. The van der Waals surface area contributed by atoms with Gasteiger partial charge in [-0.1, -0.05) is 0 Å². The maximum atomic E-state index is 10.5. The molecular weight excluding hydrogens is 155 g/mol. The van der Waals surface area contributed by atoms with E-state index in [1.807, 2.05) is 0 Å². The molecule has 0 saturated carbocycles. The molecule has 2 unspecified atom stereocenters. The average Bonchev–Trinajstić information content (AvgIpc) is 2.07. The third kappa shape index (κ3) is 1.49. The fourth-order valence-electron chi connectivity index (χ4n) is 0.516. The fourth-order valence-corrected chi connectivity index (χ4v) is 0.516. The van der Waals surface area contributed by atoms with Crippen LogP contribution in [0, 0.1) is 0 Å². The van der Waals surface area contributed by atoms with E-state index < -0.39 is 24.1 Å². The lowest BCUT2D eigenvalue weighted by atomic mass is 10.2. The van der Waals surface area contributed by atoms with Gasteiger partial charge in [0.1, 0.15) is 7.69 Å². The van der Waals surface area contributed by atoms with Gasteiger partial charge in [0.05, 0.1) is 0 Å². The Bertz CT molecular complexity index is 171. The Balaban J connectivity index is 2.73. The highest BCUT2D eigenvalue weighted by atomic mass is 16.6. The van der Waals surface area contributed by atoms with Crippen molar-refractivity contribution in [3.63, 3.8) is 0 Å². The van der Waals surface area contributed by atoms with Crippen molar-refractivity contribution in [2.75, 3.05) is 0 Å². The molecular formula is C4H4BO6-. The molecule has 0 aromatic rings. The van der Waals surface area contributed by atoms with Crippen molar-refractivity contribution in [3.05, 3.63) is 0 Å². The zero-order valence-electron chi connectivity index (χ0n) is 5.26. The molecule has 0 aromatic carbocycles. The molecule has 0 aromatic heterocycles. The second-order valence-electron chi connectivity index (χ2n) is 1.86. The van der Waals surface area contributed by atoms with Crippen molar-refractivity contribution >= 4 is 19.6 Å². The molecule has 1 aliphatic rings. The second kappa shape index (κ2) is 2.89. The van der Waals surface area contributed by atoms with Crippen LogP contribution in [0.15, 0.2) is 0 Å². The van der Waals surface area contributed by atoms with Crippen LogP contribution in [0.4, 0.5) is 0 Å². The van der Waals surface area contributed by atoms with Crippen LogP contribution in [0.25, 0.3) is 0 Å². The number of hydrogen-bond donors (Lipinski definition) is 2. The maximum absolute atomic E-state index is 10.5. The first-order valence-corrected chi connectivity index (χ1v) is 2.71. The Morgan fingerprint density at radius 3 is 1.82 bits per heavy atom. The van der Waals surface area contributed by atoms with E-state index in [0.29, 0.717) is 7.69 Å². The first kappa shape index (κ1) is 8.03. The van der Waals surface area contributed by atoms with E-state index in [4.69, 9.17) is 10.2 Å². The van der Waals surface area contributed by atoms with E-state index in [9.17, 15) is 9.59 Å². The second-order valence-corrected chi connectivity index (χ2v) is 1.86. The molecule has 0 bridgehead atoms. The minimum Gasteiger partial charge on any atom is -0.700 e. The van der Waals surface area contributed by atoms with Crippen molar-refractivity contribution in [2.45, 2.75) is 12.2 Å². The zero-order chi connectivity index (χ0) is 8.43. The minimum absolute atomic E-state index is 0.462. The molecule has 1 rings (SSSR count). The topological polar surface area (TPSA) is 93.1 Å². The molecule has 60 valence electrons. The van der Waals surface area contributed by atoms with Crippen LogP contribution < -0.4 is 0 Å². The molecule has 7 heteroatoms. The highest BCUT2D eigenvalue weighted by molar-refractivity contribution is 6.27. The van der Waals surface area contributed by atoms with E-state index in [2.05, 4.69) is 9.31 Å². The van der Waals surface area contributed by atoms with Crippen molar-refractivity contribution in [1.82, 2.24) is 0 Å². The smallest absolute Gasteiger partial charge is 0.289 e. The molecule has 2 N–H and O–H groups in total. The molecule has 1 fully saturated rings. The van der Waals surface area contributed by atoms with Gasteiger partial charge in [0, 0.05) is 0 Å². The molecule has 1 aliphatic heterocycles. The molecule has 0 spiro atoms. The molecule has 0 aliphatic carbocycles. The molecule has 2 atom stereocenters. The third-order valence-corrected chi connectivity index (χ3v) is 1.11. The summed E-state index contributed by atoms with van der Waals surface area (Å²) in [5.41, 5.74) is 0. The van der Waals surface area contributed by atoms with Gasteiger partial charge in [0.25, 0.3) is 11.9 Å². The summed E-state index contributed by atoms with van der Waals surface area (Å²) >= 11 is 0. The molecule has 2 radical (unpaired) electrons. The van der Waals surface area contributed by atoms with E-state index in [0.717, 1.165) is 0 Å². The summed E-state index contributed by atoms with van der Waals surface area (Å²) in [6.45, 7) is 0. The monoisotopic (exact) mass is 159 g/mol. The normalized spacial score (nSPS) is 32.2. The highest BCUT2D eigenvalue weighted by Gasteiger charge is 2.31. The van der Waals surface area contributed by atoms with Crippen molar-refractivity contribution in [1.29, 1.82) is 0 Å². The van der Waals surface area contributed by atoms with E-state index in [1.54, 1.807) is 0 Å². The number of aliphatic hydroxyl groups is 2. The molecule has 0 amide bonds. The van der Waals surface area contributed by atoms with Crippen LogP contribution in [-0.2, 0) is 18.9 Å². The maximum Gasteiger partial charge on any atom is 0.289 e. The zero-order valence-corrected chi connectivity index (χ0v) is 5.26. The fraction of sp³-hybridized carbons (Fsp3) is 0.500. The molecule has 11 heavy (non-hydrogen) atoms. The van der Waals surface area contributed by atoms with Crippen molar-refractivity contribution < 1.29 is 29.1 Å². The Kier molecular flexibility index (Phi) is 2.11. The van der Waals surface area contributed by atoms with Crippen LogP contribution in [0.5, 0.6) is 0 Å². The molecule has 6 nitrogen and oxygen atoms in total. The summed E-state index contributed by atoms with van der Waals surface area (Å²) in [6, 6.07) is 0.